The van der Waals surface area contributed by atoms with E-state index in [2.05, 4.69) is 16.8 Å². The minimum Gasteiger partial charge on any atom is -0.464 e. The Bertz CT molecular complexity index is 621. The summed E-state index contributed by atoms with van der Waals surface area (Å²) in [4.78, 5) is 19.3. The normalized spacial score (nSPS) is 18.8. The molecule has 0 saturated carbocycles. The number of carbonyl (C=O) groups excluding carboxylic acids is 1. The van der Waals surface area contributed by atoms with Crippen LogP contribution in [0.15, 0.2) is 21.9 Å². The van der Waals surface area contributed by atoms with Gasteiger partial charge in [-0.05, 0) is 30.2 Å². The number of hydrogen-bond donors (Lipinski definition) is 0. The number of thiophene rings is 1. The molecule has 0 bridgehead atoms. The van der Waals surface area contributed by atoms with Crippen LogP contribution in [0, 0.1) is 5.92 Å². The predicted octanol–water partition coefficient (Wildman–Crippen LogP) is 3.43. The Morgan fingerprint density at radius 2 is 2.43 bits per heavy atom. The van der Waals surface area contributed by atoms with Crippen molar-refractivity contribution in [2.45, 2.75) is 19.8 Å². The van der Waals surface area contributed by atoms with Crippen LogP contribution in [0.4, 0.5) is 5.88 Å². The van der Waals surface area contributed by atoms with Crippen LogP contribution in [0.5, 0.6) is 0 Å². The number of esters is 1. The molecule has 0 spiro atoms. The molecule has 2 aromatic heterocycles. The number of hydrogen-bond acceptors (Lipinski definition) is 6. The summed E-state index contributed by atoms with van der Waals surface area (Å²) in [6.07, 6.45) is 2.30. The van der Waals surface area contributed by atoms with E-state index < -0.39 is 5.97 Å². The largest absolute Gasteiger partial charge is 0.464 e. The van der Waals surface area contributed by atoms with Gasteiger partial charge in [0, 0.05) is 13.1 Å². The lowest BCUT2D eigenvalue weighted by Gasteiger charge is -2.30. The number of ether oxygens (including phenoxy) is 1. The Morgan fingerprint density at radius 3 is 3.10 bits per heavy atom. The van der Waals surface area contributed by atoms with E-state index in [1.807, 2.05) is 17.5 Å². The van der Waals surface area contributed by atoms with E-state index in [0.29, 0.717) is 17.7 Å². The summed E-state index contributed by atoms with van der Waals surface area (Å²) in [6.45, 7) is 3.97. The molecule has 3 rings (SSSR count). The van der Waals surface area contributed by atoms with Crippen molar-refractivity contribution in [1.82, 2.24) is 4.98 Å². The van der Waals surface area contributed by atoms with E-state index in [-0.39, 0.29) is 5.69 Å². The maximum Gasteiger partial charge on any atom is 0.362 e. The molecule has 5 nitrogen and oxygen atoms in total. The smallest absolute Gasteiger partial charge is 0.362 e. The van der Waals surface area contributed by atoms with Gasteiger partial charge in [-0.1, -0.05) is 13.0 Å². The number of piperidine rings is 1. The minimum absolute atomic E-state index is 0.273. The fourth-order valence-corrected chi connectivity index (χ4v) is 3.28. The summed E-state index contributed by atoms with van der Waals surface area (Å²) in [5, 5.41) is 1.96. The van der Waals surface area contributed by atoms with E-state index in [1.165, 1.54) is 24.9 Å². The number of carbonyl (C=O) groups is 1. The molecule has 1 unspecified atom stereocenters. The average Bonchev–Trinajstić information content (AvgIpc) is 3.15. The molecule has 1 atom stereocenters. The first kappa shape index (κ1) is 14.1. The summed E-state index contributed by atoms with van der Waals surface area (Å²) in [5.74, 6) is 1.16. The maximum atomic E-state index is 12.0. The summed E-state index contributed by atoms with van der Waals surface area (Å²) in [5.41, 5.74) is 0.273. The Balaban J connectivity index is 1.99. The van der Waals surface area contributed by atoms with Gasteiger partial charge in [-0.15, -0.1) is 11.3 Å². The monoisotopic (exact) mass is 306 g/mol. The van der Waals surface area contributed by atoms with Gasteiger partial charge < -0.3 is 14.1 Å². The summed E-state index contributed by atoms with van der Waals surface area (Å²) >= 11 is 1.54. The molecular formula is C15H18N2O3S. The Hall–Kier alpha value is -1.82. The van der Waals surface area contributed by atoms with Crippen LogP contribution in [0.3, 0.4) is 0 Å². The van der Waals surface area contributed by atoms with Crippen molar-refractivity contribution in [2.75, 3.05) is 25.1 Å². The lowest BCUT2D eigenvalue weighted by molar-refractivity contribution is 0.0594. The van der Waals surface area contributed by atoms with Crippen molar-refractivity contribution in [3.05, 3.63) is 23.2 Å². The SMILES string of the molecule is COC(=O)c1nc(-c2cccs2)oc1N1CCCC(C)C1. The van der Waals surface area contributed by atoms with Gasteiger partial charge in [0.05, 0.1) is 12.0 Å². The third kappa shape index (κ3) is 2.81. The van der Waals surface area contributed by atoms with E-state index in [0.717, 1.165) is 24.4 Å². The van der Waals surface area contributed by atoms with Crippen molar-refractivity contribution in [1.29, 1.82) is 0 Å². The van der Waals surface area contributed by atoms with Crippen LogP contribution in [0.1, 0.15) is 30.3 Å². The van der Waals surface area contributed by atoms with Crippen LogP contribution < -0.4 is 4.90 Å². The van der Waals surface area contributed by atoms with Gasteiger partial charge in [-0.3, -0.25) is 0 Å². The molecule has 1 saturated heterocycles. The summed E-state index contributed by atoms with van der Waals surface area (Å²) in [7, 11) is 1.37. The molecule has 1 fully saturated rings. The van der Waals surface area contributed by atoms with Gasteiger partial charge in [0.1, 0.15) is 0 Å². The van der Waals surface area contributed by atoms with Gasteiger partial charge in [-0.25, -0.2) is 4.79 Å². The van der Waals surface area contributed by atoms with Crippen LogP contribution in [-0.4, -0.2) is 31.2 Å². The summed E-state index contributed by atoms with van der Waals surface area (Å²) < 4.78 is 10.7. The second kappa shape index (κ2) is 5.89. The van der Waals surface area contributed by atoms with Crippen molar-refractivity contribution < 1.29 is 13.9 Å². The highest BCUT2D eigenvalue weighted by molar-refractivity contribution is 7.13. The molecule has 1 aliphatic heterocycles. The Labute approximate surface area is 127 Å². The number of oxazole rings is 1. The highest BCUT2D eigenvalue weighted by Gasteiger charge is 2.28. The topological polar surface area (TPSA) is 55.6 Å². The third-order valence-corrected chi connectivity index (χ3v) is 4.52. The molecule has 21 heavy (non-hydrogen) atoms. The zero-order chi connectivity index (χ0) is 14.8. The highest BCUT2D eigenvalue weighted by atomic mass is 32.1. The minimum atomic E-state index is -0.449. The van der Waals surface area contributed by atoms with E-state index in [1.54, 1.807) is 0 Å². The first-order valence-corrected chi connectivity index (χ1v) is 7.95. The second-order valence-electron chi connectivity index (χ2n) is 5.34. The molecule has 112 valence electrons. The fourth-order valence-electron chi connectivity index (χ4n) is 2.64. The lowest BCUT2D eigenvalue weighted by Crippen LogP contribution is -2.34. The molecule has 3 heterocycles. The van der Waals surface area contributed by atoms with Crippen LogP contribution in [0.2, 0.25) is 0 Å². The molecule has 6 heteroatoms. The van der Waals surface area contributed by atoms with Gasteiger partial charge >= 0.3 is 5.97 Å². The Kier molecular flexibility index (Phi) is 3.96. The molecule has 0 N–H and O–H groups in total. The van der Waals surface area contributed by atoms with E-state index in [9.17, 15) is 4.79 Å². The van der Waals surface area contributed by atoms with Crippen molar-refractivity contribution in [3.8, 4) is 10.8 Å². The average molecular weight is 306 g/mol. The number of aromatic nitrogens is 1. The molecule has 1 aliphatic rings. The molecule has 0 amide bonds. The van der Waals surface area contributed by atoms with Gasteiger partial charge in [0.15, 0.2) is 0 Å². The first-order valence-electron chi connectivity index (χ1n) is 7.07. The standard InChI is InChI=1S/C15H18N2O3S/c1-10-5-3-7-17(9-10)14-12(15(18)19-2)16-13(20-14)11-6-4-8-21-11/h4,6,8,10H,3,5,7,9H2,1-2H3. The zero-order valence-electron chi connectivity index (χ0n) is 12.2. The number of anilines is 1. The van der Waals surface area contributed by atoms with Gasteiger partial charge in [-0.2, -0.15) is 4.98 Å². The van der Waals surface area contributed by atoms with E-state index >= 15 is 0 Å². The maximum absolute atomic E-state index is 12.0. The molecule has 0 radical (unpaired) electrons. The fraction of sp³-hybridized carbons (Fsp3) is 0.467. The molecular weight excluding hydrogens is 288 g/mol. The highest BCUT2D eigenvalue weighted by Crippen LogP contribution is 2.33. The number of nitrogens with zero attached hydrogens (tertiary/aromatic N) is 2. The molecule has 0 aromatic carbocycles. The van der Waals surface area contributed by atoms with Crippen molar-refractivity contribution >= 4 is 23.2 Å². The second-order valence-corrected chi connectivity index (χ2v) is 6.28. The van der Waals surface area contributed by atoms with Gasteiger partial charge in [0.25, 0.3) is 0 Å². The third-order valence-electron chi connectivity index (χ3n) is 3.66. The summed E-state index contributed by atoms with van der Waals surface area (Å²) in [6, 6.07) is 3.87. The first-order chi connectivity index (χ1) is 10.2. The molecule has 0 aliphatic carbocycles. The van der Waals surface area contributed by atoms with Gasteiger partial charge in [0.2, 0.25) is 17.5 Å². The predicted molar refractivity (Wildman–Crippen MR) is 81.8 cm³/mol. The number of methoxy groups -OCH3 is 1. The quantitative estimate of drug-likeness (QED) is 0.813. The van der Waals surface area contributed by atoms with Crippen molar-refractivity contribution in [2.24, 2.45) is 5.92 Å². The van der Waals surface area contributed by atoms with Crippen LogP contribution >= 0.6 is 11.3 Å². The Morgan fingerprint density at radius 1 is 1.57 bits per heavy atom. The van der Waals surface area contributed by atoms with Crippen LogP contribution in [0.25, 0.3) is 10.8 Å². The van der Waals surface area contributed by atoms with E-state index in [4.69, 9.17) is 9.15 Å². The number of rotatable bonds is 3. The zero-order valence-corrected chi connectivity index (χ0v) is 13.0. The lowest BCUT2D eigenvalue weighted by atomic mass is 10.0. The van der Waals surface area contributed by atoms with Crippen molar-refractivity contribution in [3.63, 3.8) is 0 Å². The molecule has 2 aromatic rings. The van der Waals surface area contributed by atoms with Crippen LogP contribution in [-0.2, 0) is 4.74 Å².